The van der Waals surface area contributed by atoms with Gasteiger partial charge in [0.1, 0.15) is 11.9 Å². The van der Waals surface area contributed by atoms with Crippen LogP contribution in [0.15, 0.2) is 48.5 Å². The van der Waals surface area contributed by atoms with E-state index >= 15 is 0 Å². The smallest absolute Gasteiger partial charge is 0.242 e. The van der Waals surface area contributed by atoms with Gasteiger partial charge >= 0.3 is 0 Å². The summed E-state index contributed by atoms with van der Waals surface area (Å²) in [6, 6.07) is 11.6. The number of hydrogen-bond acceptors (Lipinski definition) is 4. The van der Waals surface area contributed by atoms with Gasteiger partial charge in [-0.15, -0.1) is 0 Å². The Labute approximate surface area is 212 Å². The molecule has 0 aliphatic rings. The molecule has 0 bridgehead atoms. The van der Waals surface area contributed by atoms with Crippen molar-refractivity contribution in [3.63, 3.8) is 0 Å². The molecule has 192 valence electrons. The molecule has 2 rings (SSSR count). The lowest BCUT2D eigenvalue weighted by Crippen LogP contribution is -2.49. The third-order valence-electron chi connectivity index (χ3n) is 5.73. The normalized spacial score (nSPS) is 13.1. The van der Waals surface area contributed by atoms with Crippen molar-refractivity contribution in [2.75, 3.05) is 17.1 Å². The third-order valence-corrected chi connectivity index (χ3v) is 7.18. The highest BCUT2D eigenvalue weighted by Crippen LogP contribution is 2.21. The van der Waals surface area contributed by atoms with Crippen LogP contribution in [-0.4, -0.2) is 50.0 Å². The molecule has 0 aliphatic carbocycles. The summed E-state index contributed by atoms with van der Waals surface area (Å²) >= 11 is 5.91. The first kappa shape index (κ1) is 28.6. The zero-order chi connectivity index (χ0) is 26.2. The summed E-state index contributed by atoms with van der Waals surface area (Å²) in [5.41, 5.74) is 0.733. The number of halogens is 2. The fraction of sp³-hybridized carbons (Fsp3) is 0.440. The van der Waals surface area contributed by atoms with Gasteiger partial charge in [0, 0.05) is 36.1 Å². The van der Waals surface area contributed by atoms with Gasteiger partial charge in [0.15, 0.2) is 0 Å². The summed E-state index contributed by atoms with van der Waals surface area (Å²) in [4.78, 5) is 27.3. The highest BCUT2D eigenvalue weighted by Gasteiger charge is 2.28. The van der Waals surface area contributed by atoms with E-state index in [4.69, 9.17) is 11.6 Å². The summed E-state index contributed by atoms with van der Waals surface area (Å²) < 4.78 is 40.2. The highest BCUT2D eigenvalue weighted by atomic mass is 35.5. The Bertz CT molecular complexity index is 1110. The van der Waals surface area contributed by atoms with Crippen molar-refractivity contribution in [1.82, 2.24) is 10.2 Å². The molecule has 0 spiro atoms. The molecule has 0 radical (unpaired) electrons. The minimum atomic E-state index is -3.60. The Morgan fingerprint density at radius 3 is 2.29 bits per heavy atom. The first-order valence-electron chi connectivity index (χ1n) is 11.5. The number of amides is 2. The summed E-state index contributed by atoms with van der Waals surface area (Å²) in [6.07, 6.45) is 2.01. The van der Waals surface area contributed by atoms with Gasteiger partial charge in [0.05, 0.1) is 11.9 Å². The predicted octanol–water partition coefficient (Wildman–Crippen LogP) is 4.36. The molecule has 0 heterocycles. The van der Waals surface area contributed by atoms with Crippen molar-refractivity contribution >= 4 is 39.1 Å². The van der Waals surface area contributed by atoms with Gasteiger partial charge < -0.3 is 10.2 Å². The van der Waals surface area contributed by atoms with Gasteiger partial charge in [-0.05, 0) is 57.0 Å². The zero-order valence-corrected chi connectivity index (χ0v) is 22.1. The lowest BCUT2D eigenvalue weighted by atomic mass is 10.1. The van der Waals surface area contributed by atoms with Crippen LogP contribution < -0.4 is 9.62 Å². The Kier molecular flexibility index (Phi) is 10.5. The van der Waals surface area contributed by atoms with Crippen LogP contribution in [0.4, 0.5) is 10.1 Å². The minimum Gasteiger partial charge on any atom is -0.352 e. The van der Waals surface area contributed by atoms with Gasteiger partial charge in [-0.1, -0.05) is 36.7 Å². The predicted molar refractivity (Wildman–Crippen MR) is 137 cm³/mol. The van der Waals surface area contributed by atoms with Crippen molar-refractivity contribution in [1.29, 1.82) is 0 Å². The van der Waals surface area contributed by atoms with Crippen molar-refractivity contribution in [3.05, 3.63) is 64.9 Å². The molecule has 0 saturated carbocycles. The van der Waals surface area contributed by atoms with E-state index in [1.54, 1.807) is 49.4 Å². The summed E-state index contributed by atoms with van der Waals surface area (Å²) in [5.74, 6) is -1.17. The quantitative estimate of drug-likeness (QED) is 0.446. The molecule has 1 N–H and O–H groups in total. The largest absolute Gasteiger partial charge is 0.352 e. The van der Waals surface area contributed by atoms with Crippen LogP contribution in [0.2, 0.25) is 5.02 Å². The maximum absolute atomic E-state index is 14.3. The fourth-order valence-electron chi connectivity index (χ4n) is 3.47. The number of carbonyl (C=O) groups excluding carboxylic acids is 2. The van der Waals surface area contributed by atoms with Crippen LogP contribution in [0, 0.1) is 5.82 Å². The first-order chi connectivity index (χ1) is 16.4. The Balaban J connectivity index is 2.18. The number of anilines is 1. The van der Waals surface area contributed by atoms with E-state index < -0.39 is 21.9 Å². The number of hydrogen-bond donors (Lipinski definition) is 1. The summed E-state index contributed by atoms with van der Waals surface area (Å²) in [5, 5.41) is 3.34. The van der Waals surface area contributed by atoms with Crippen LogP contribution in [-0.2, 0) is 26.2 Å². The van der Waals surface area contributed by atoms with E-state index in [2.05, 4.69) is 5.32 Å². The molecule has 0 aliphatic heterocycles. The molecule has 0 unspecified atom stereocenters. The number of carbonyl (C=O) groups is 2. The second-order valence-electron chi connectivity index (χ2n) is 8.52. The molecule has 10 heteroatoms. The molecule has 0 saturated heterocycles. The maximum Gasteiger partial charge on any atom is 0.242 e. The van der Waals surface area contributed by atoms with Crippen LogP contribution in [0.1, 0.15) is 45.6 Å². The molecule has 35 heavy (non-hydrogen) atoms. The van der Waals surface area contributed by atoms with E-state index in [-0.39, 0.29) is 43.8 Å². The van der Waals surface area contributed by atoms with E-state index in [1.165, 1.54) is 15.3 Å². The maximum atomic E-state index is 14.3. The molecular weight excluding hydrogens is 493 g/mol. The Morgan fingerprint density at radius 1 is 1.09 bits per heavy atom. The molecule has 0 aromatic heterocycles. The molecule has 7 nitrogen and oxygen atoms in total. The third kappa shape index (κ3) is 8.50. The zero-order valence-electron chi connectivity index (χ0n) is 20.5. The van der Waals surface area contributed by atoms with Gasteiger partial charge in [0.25, 0.3) is 0 Å². The van der Waals surface area contributed by atoms with Crippen LogP contribution in [0.3, 0.4) is 0 Å². The van der Waals surface area contributed by atoms with Crippen molar-refractivity contribution < 1.29 is 22.4 Å². The van der Waals surface area contributed by atoms with E-state index in [0.29, 0.717) is 16.3 Å². The minimum absolute atomic E-state index is 0.0188. The molecule has 2 atom stereocenters. The molecule has 2 aromatic carbocycles. The van der Waals surface area contributed by atoms with Crippen LogP contribution in [0.25, 0.3) is 0 Å². The monoisotopic (exact) mass is 525 g/mol. The lowest BCUT2D eigenvalue weighted by molar-refractivity contribution is -0.141. The SMILES string of the molecule is CC[C@H](C)NC(=O)[C@H](C)N(Cc1ccccc1F)C(=O)CCCN(c1ccc(Cl)cc1)S(C)(=O)=O. The Morgan fingerprint density at radius 2 is 1.71 bits per heavy atom. The first-order valence-corrected chi connectivity index (χ1v) is 13.7. The lowest BCUT2D eigenvalue weighted by Gasteiger charge is -2.30. The number of rotatable bonds is 12. The number of nitrogens with one attached hydrogen (secondary N) is 1. The number of nitrogens with zero attached hydrogens (tertiary/aromatic N) is 2. The molecular formula is C25H33ClFN3O4S. The van der Waals surface area contributed by atoms with Crippen LogP contribution in [0.5, 0.6) is 0 Å². The number of sulfonamides is 1. The fourth-order valence-corrected chi connectivity index (χ4v) is 4.56. The standard InChI is InChI=1S/C25H33ClFN3O4S/c1-5-18(2)28-25(32)19(3)29(17-20-9-6-7-10-23(20)27)24(31)11-8-16-30(35(4,33)34)22-14-12-21(26)13-15-22/h6-7,9-10,12-15,18-19H,5,8,11,16-17H2,1-4H3,(H,28,32)/t18-,19-/m0/s1. The molecule has 2 amide bonds. The Hall–Kier alpha value is -2.65. The van der Waals surface area contributed by atoms with Crippen molar-refractivity contribution in [2.24, 2.45) is 0 Å². The average Bonchev–Trinajstić information content (AvgIpc) is 2.80. The highest BCUT2D eigenvalue weighted by molar-refractivity contribution is 7.92. The summed E-state index contributed by atoms with van der Waals surface area (Å²) in [6.45, 7) is 5.39. The van der Waals surface area contributed by atoms with Crippen molar-refractivity contribution in [2.45, 2.75) is 58.7 Å². The van der Waals surface area contributed by atoms with Gasteiger partial charge in [-0.3, -0.25) is 13.9 Å². The van der Waals surface area contributed by atoms with Gasteiger partial charge in [-0.2, -0.15) is 0 Å². The second-order valence-corrected chi connectivity index (χ2v) is 10.9. The second kappa shape index (κ2) is 12.9. The topological polar surface area (TPSA) is 86.8 Å². The van der Waals surface area contributed by atoms with E-state index in [1.807, 2.05) is 13.8 Å². The van der Waals surface area contributed by atoms with E-state index in [0.717, 1.165) is 12.7 Å². The van der Waals surface area contributed by atoms with E-state index in [9.17, 15) is 22.4 Å². The van der Waals surface area contributed by atoms with Gasteiger partial charge in [0.2, 0.25) is 21.8 Å². The summed E-state index contributed by atoms with van der Waals surface area (Å²) in [7, 11) is -3.60. The molecule has 0 fully saturated rings. The average molecular weight is 526 g/mol. The van der Waals surface area contributed by atoms with Crippen molar-refractivity contribution in [3.8, 4) is 0 Å². The van der Waals surface area contributed by atoms with Crippen LogP contribution >= 0.6 is 11.6 Å². The van der Waals surface area contributed by atoms with Gasteiger partial charge in [-0.25, -0.2) is 12.8 Å². The molecule has 2 aromatic rings. The number of benzene rings is 2.